The lowest BCUT2D eigenvalue weighted by molar-refractivity contribution is -0.130. The normalized spacial score (nSPS) is 41.8. The van der Waals surface area contributed by atoms with Crippen molar-refractivity contribution in [2.45, 2.75) is 70.8 Å². The zero-order valence-corrected chi connectivity index (χ0v) is 14.2. The summed E-state index contributed by atoms with van der Waals surface area (Å²) in [5.74, 6) is 3.21. The number of nitrogens with one attached hydrogen (secondary N) is 1. The minimum absolute atomic E-state index is 0.358. The summed E-state index contributed by atoms with van der Waals surface area (Å²) in [7, 11) is 0. The highest BCUT2D eigenvalue weighted by atomic mass is 16.1. The van der Waals surface area contributed by atoms with Crippen molar-refractivity contribution in [2.75, 3.05) is 19.6 Å². The molecule has 1 aliphatic heterocycles. The van der Waals surface area contributed by atoms with Gasteiger partial charge >= 0.3 is 0 Å². The number of hydrogen-bond acceptors (Lipinski definition) is 2. The summed E-state index contributed by atoms with van der Waals surface area (Å²) in [5.41, 5.74) is 0.392. The maximum absolute atomic E-state index is 12.6. The molecule has 3 nitrogen and oxygen atoms in total. The fourth-order valence-electron chi connectivity index (χ4n) is 6.52. The maximum atomic E-state index is 12.6. The molecule has 5 fully saturated rings. The number of carbonyl (C=O) groups is 1. The Balaban J connectivity index is 1.31. The first-order valence-corrected chi connectivity index (χ1v) is 9.66. The van der Waals surface area contributed by atoms with E-state index in [1.807, 2.05) is 0 Å². The maximum Gasteiger partial charge on any atom is 0.220 e. The number of piperidine rings is 1. The van der Waals surface area contributed by atoms with Gasteiger partial charge in [-0.3, -0.25) is 4.79 Å². The molecule has 0 aromatic heterocycles. The van der Waals surface area contributed by atoms with Crippen molar-refractivity contribution in [3.05, 3.63) is 0 Å². The predicted octanol–water partition coefficient (Wildman–Crippen LogP) is 3.19. The van der Waals surface area contributed by atoms with Crippen LogP contribution in [0.15, 0.2) is 0 Å². The lowest BCUT2D eigenvalue weighted by Gasteiger charge is -2.56. The summed E-state index contributed by atoms with van der Waals surface area (Å²) >= 11 is 0. The first-order chi connectivity index (χ1) is 10.6. The van der Waals surface area contributed by atoms with Crippen LogP contribution in [-0.2, 0) is 4.79 Å². The monoisotopic (exact) mass is 304 g/mol. The molecule has 5 aliphatic rings. The van der Waals surface area contributed by atoms with Crippen LogP contribution in [-0.4, -0.2) is 36.5 Å². The van der Waals surface area contributed by atoms with Crippen molar-refractivity contribution in [3.63, 3.8) is 0 Å². The van der Waals surface area contributed by atoms with Gasteiger partial charge in [-0.2, -0.15) is 0 Å². The number of likely N-dealkylation sites (tertiary alicyclic amines) is 1. The summed E-state index contributed by atoms with van der Waals surface area (Å²) in [6.45, 7) is 5.68. The van der Waals surface area contributed by atoms with Gasteiger partial charge in [-0.25, -0.2) is 0 Å². The van der Waals surface area contributed by atoms with E-state index in [4.69, 9.17) is 0 Å². The summed E-state index contributed by atoms with van der Waals surface area (Å²) in [4.78, 5) is 15.1. The molecule has 1 heterocycles. The van der Waals surface area contributed by atoms with Gasteiger partial charge in [-0.15, -0.1) is 0 Å². The van der Waals surface area contributed by atoms with E-state index < -0.39 is 0 Å². The molecule has 1 saturated heterocycles. The van der Waals surface area contributed by atoms with Crippen LogP contribution in [0.5, 0.6) is 0 Å². The highest BCUT2D eigenvalue weighted by molar-refractivity contribution is 5.77. The Kier molecular flexibility index (Phi) is 3.96. The smallest absolute Gasteiger partial charge is 0.220 e. The molecule has 0 unspecified atom stereocenters. The molecular formula is C19H32N2O. The van der Waals surface area contributed by atoms with Crippen LogP contribution in [0.2, 0.25) is 0 Å². The molecule has 3 heteroatoms. The highest BCUT2D eigenvalue weighted by Crippen LogP contribution is 2.61. The molecule has 0 radical (unpaired) electrons. The van der Waals surface area contributed by atoms with Gasteiger partial charge in [0.2, 0.25) is 5.91 Å². The molecule has 1 amide bonds. The van der Waals surface area contributed by atoms with Gasteiger partial charge in [-0.05, 0) is 81.1 Å². The molecule has 124 valence electrons. The Labute approximate surface area is 135 Å². The van der Waals surface area contributed by atoms with Crippen molar-refractivity contribution in [1.29, 1.82) is 0 Å². The predicted molar refractivity (Wildman–Crippen MR) is 88.5 cm³/mol. The van der Waals surface area contributed by atoms with Crippen LogP contribution in [0.1, 0.15) is 64.7 Å². The molecule has 0 atom stereocenters. The first kappa shape index (κ1) is 15.0. The Morgan fingerprint density at radius 2 is 1.59 bits per heavy atom. The molecule has 0 aromatic rings. The van der Waals surface area contributed by atoms with E-state index in [1.165, 1.54) is 38.5 Å². The van der Waals surface area contributed by atoms with E-state index in [0.29, 0.717) is 17.4 Å². The third-order valence-corrected chi connectivity index (χ3v) is 7.10. The average molecular weight is 304 g/mol. The second-order valence-electron chi connectivity index (χ2n) is 8.87. The summed E-state index contributed by atoms with van der Waals surface area (Å²) in [6.07, 6.45) is 11.6. The second kappa shape index (κ2) is 5.81. The zero-order chi connectivity index (χ0) is 15.2. The van der Waals surface area contributed by atoms with Crippen LogP contribution in [0.25, 0.3) is 0 Å². The number of carbonyl (C=O) groups excluding carboxylic acids is 1. The van der Waals surface area contributed by atoms with Crippen LogP contribution in [0, 0.1) is 23.2 Å². The van der Waals surface area contributed by atoms with Crippen LogP contribution >= 0.6 is 0 Å². The quantitative estimate of drug-likeness (QED) is 0.865. The third kappa shape index (κ3) is 2.93. The first-order valence-electron chi connectivity index (χ1n) is 9.66. The van der Waals surface area contributed by atoms with Gasteiger partial charge in [0.25, 0.3) is 0 Å². The molecule has 4 bridgehead atoms. The molecule has 0 aromatic carbocycles. The molecule has 22 heavy (non-hydrogen) atoms. The van der Waals surface area contributed by atoms with Crippen LogP contribution in [0.3, 0.4) is 0 Å². The Bertz CT molecular complexity index is 390. The van der Waals surface area contributed by atoms with Crippen molar-refractivity contribution in [2.24, 2.45) is 23.2 Å². The van der Waals surface area contributed by atoms with Crippen LogP contribution < -0.4 is 5.32 Å². The van der Waals surface area contributed by atoms with E-state index in [2.05, 4.69) is 17.1 Å². The van der Waals surface area contributed by atoms with E-state index in [0.717, 1.165) is 56.7 Å². The molecular weight excluding hydrogens is 272 g/mol. The van der Waals surface area contributed by atoms with Crippen molar-refractivity contribution < 1.29 is 4.79 Å². The topological polar surface area (TPSA) is 32.3 Å². The van der Waals surface area contributed by atoms with E-state index in [1.54, 1.807) is 0 Å². The second-order valence-corrected chi connectivity index (χ2v) is 8.87. The minimum atomic E-state index is 0.358. The third-order valence-electron chi connectivity index (χ3n) is 7.10. The van der Waals surface area contributed by atoms with Crippen molar-refractivity contribution in [3.8, 4) is 0 Å². The fraction of sp³-hybridized carbons (Fsp3) is 0.947. The van der Waals surface area contributed by atoms with E-state index in [-0.39, 0.29) is 0 Å². The zero-order valence-electron chi connectivity index (χ0n) is 14.2. The van der Waals surface area contributed by atoms with Crippen LogP contribution in [0.4, 0.5) is 0 Å². The number of rotatable bonds is 4. The Hall–Kier alpha value is -0.570. The number of amides is 1. The summed E-state index contributed by atoms with van der Waals surface area (Å²) < 4.78 is 0. The lowest BCUT2D eigenvalue weighted by atomic mass is 9.49. The molecule has 0 spiro atoms. The Morgan fingerprint density at radius 3 is 2.09 bits per heavy atom. The van der Waals surface area contributed by atoms with Gasteiger partial charge in [0.1, 0.15) is 0 Å². The van der Waals surface area contributed by atoms with Gasteiger partial charge in [0.15, 0.2) is 0 Å². The average Bonchev–Trinajstić information content (AvgIpc) is 2.45. The van der Waals surface area contributed by atoms with Gasteiger partial charge in [0.05, 0.1) is 0 Å². The van der Waals surface area contributed by atoms with Gasteiger partial charge < -0.3 is 10.2 Å². The van der Waals surface area contributed by atoms with E-state index in [9.17, 15) is 4.79 Å². The lowest BCUT2D eigenvalue weighted by Crippen LogP contribution is -2.50. The fourth-order valence-corrected chi connectivity index (χ4v) is 6.52. The number of nitrogens with zero attached hydrogens (tertiary/aromatic N) is 1. The summed E-state index contributed by atoms with van der Waals surface area (Å²) in [6, 6.07) is 0.434. The summed E-state index contributed by atoms with van der Waals surface area (Å²) in [5, 5.41) is 3.37. The highest BCUT2D eigenvalue weighted by Gasteiger charge is 2.51. The minimum Gasteiger partial charge on any atom is -0.353 e. The molecule has 4 aliphatic carbocycles. The largest absolute Gasteiger partial charge is 0.353 e. The molecule has 1 N–H and O–H groups in total. The SMILES string of the molecule is CCN1CCC(NC(=O)CC23CC4CC(CC(C4)C2)C3)CC1. The number of hydrogen-bond donors (Lipinski definition) is 1. The molecule has 4 saturated carbocycles. The van der Waals surface area contributed by atoms with Gasteiger partial charge in [-0.1, -0.05) is 6.92 Å². The standard InChI is InChI=1S/C19H32N2O/c1-2-21-5-3-17(4-6-21)20-18(22)13-19-10-14-7-15(11-19)9-16(8-14)12-19/h14-17H,2-13H2,1H3,(H,20,22). The van der Waals surface area contributed by atoms with E-state index >= 15 is 0 Å². The van der Waals surface area contributed by atoms with Gasteiger partial charge in [0, 0.05) is 25.6 Å². The van der Waals surface area contributed by atoms with Crippen molar-refractivity contribution in [1.82, 2.24) is 10.2 Å². The molecule has 5 rings (SSSR count). The van der Waals surface area contributed by atoms with Crippen molar-refractivity contribution >= 4 is 5.91 Å². The Morgan fingerprint density at radius 1 is 1.05 bits per heavy atom.